The largest absolute Gasteiger partial charge is 0.388 e. The summed E-state index contributed by atoms with van der Waals surface area (Å²) in [7, 11) is -3.27. The van der Waals surface area contributed by atoms with E-state index in [-0.39, 0.29) is 4.90 Å². The lowest BCUT2D eigenvalue weighted by atomic mass is 10.1. The molecule has 0 radical (unpaired) electrons. The molecule has 1 unspecified atom stereocenters. The maximum Gasteiger partial charge on any atom is 0.175 e. The van der Waals surface area contributed by atoms with Gasteiger partial charge in [-0.1, -0.05) is 24.6 Å². The Kier molecular flexibility index (Phi) is 3.52. The third-order valence-electron chi connectivity index (χ3n) is 2.31. The van der Waals surface area contributed by atoms with Crippen LogP contribution in [0.3, 0.4) is 0 Å². The van der Waals surface area contributed by atoms with Crippen LogP contribution in [0.1, 0.15) is 30.6 Å². The summed E-state index contributed by atoms with van der Waals surface area (Å²) in [6.07, 6.45) is 0.949. The topological polar surface area (TPSA) is 54.4 Å². The predicted molar refractivity (Wildman–Crippen MR) is 59.5 cm³/mol. The first-order chi connectivity index (χ1) is 6.86. The summed E-state index contributed by atoms with van der Waals surface area (Å²) in [5.74, 6) is 0. The second-order valence-corrected chi connectivity index (χ2v) is 5.72. The Morgan fingerprint density at radius 2 is 2.00 bits per heavy atom. The smallest absolute Gasteiger partial charge is 0.175 e. The minimum atomic E-state index is -3.27. The molecule has 1 aromatic rings. The van der Waals surface area contributed by atoms with Gasteiger partial charge in [0.05, 0.1) is 11.0 Å². The lowest BCUT2D eigenvalue weighted by Crippen LogP contribution is -2.06. The van der Waals surface area contributed by atoms with Gasteiger partial charge >= 0.3 is 0 Å². The molecule has 15 heavy (non-hydrogen) atoms. The van der Waals surface area contributed by atoms with Crippen LogP contribution in [0.25, 0.3) is 0 Å². The van der Waals surface area contributed by atoms with E-state index >= 15 is 0 Å². The Morgan fingerprint density at radius 1 is 1.40 bits per heavy atom. The van der Waals surface area contributed by atoms with Crippen molar-refractivity contribution < 1.29 is 13.5 Å². The van der Waals surface area contributed by atoms with E-state index in [2.05, 4.69) is 0 Å². The molecule has 0 saturated carbocycles. The molecular formula is C11H16O3S. The molecule has 0 amide bonds. The number of benzene rings is 1. The van der Waals surface area contributed by atoms with E-state index in [1.165, 1.54) is 0 Å². The molecule has 0 fully saturated rings. The van der Waals surface area contributed by atoms with Crippen LogP contribution in [0, 0.1) is 6.92 Å². The van der Waals surface area contributed by atoms with E-state index in [9.17, 15) is 13.5 Å². The van der Waals surface area contributed by atoms with Gasteiger partial charge in [0, 0.05) is 6.26 Å². The van der Waals surface area contributed by atoms with Gasteiger partial charge in [-0.15, -0.1) is 0 Å². The zero-order valence-electron chi connectivity index (χ0n) is 9.19. The van der Waals surface area contributed by atoms with Crippen molar-refractivity contribution in [3.05, 3.63) is 29.3 Å². The Bertz CT molecular complexity index is 449. The molecule has 0 bridgehead atoms. The van der Waals surface area contributed by atoms with Crippen LogP contribution in [0.4, 0.5) is 0 Å². The normalized spacial score (nSPS) is 13.9. The molecule has 0 aliphatic rings. The minimum absolute atomic E-state index is 0.224. The molecule has 0 aliphatic carbocycles. The lowest BCUT2D eigenvalue weighted by molar-refractivity contribution is 0.170. The average molecular weight is 228 g/mol. The zero-order valence-corrected chi connectivity index (χ0v) is 10.0. The Balaban J connectivity index is 3.40. The van der Waals surface area contributed by atoms with E-state index in [1.807, 2.05) is 13.8 Å². The molecule has 4 heteroatoms. The maximum absolute atomic E-state index is 11.5. The number of sulfone groups is 1. The average Bonchev–Trinajstić information content (AvgIpc) is 2.14. The van der Waals surface area contributed by atoms with Crippen molar-refractivity contribution in [2.45, 2.75) is 31.3 Å². The summed E-state index contributed by atoms with van der Waals surface area (Å²) in [4.78, 5) is 0.224. The van der Waals surface area contributed by atoms with E-state index in [0.717, 1.165) is 11.8 Å². The van der Waals surface area contributed by atoms with Gasteiger partial charge in [-0.05, 0) is 25.0 Å². The number of aliphatic hydroxyl groups is 1. The highest BCUT2D eigenvalue weighted by Gasteiger charge is 2.17. The van der Waals surface area contributed by atoms with Crippen molar-refractivity contribution in [3.63, 3.8) is 0 Å². The highest BCUT2D eigenvalue weighted by atomic mass is 32.2. The van der Waals surface area contributed by atoms with Crippen molar-refractivity contribution >= 4 is 9.84 Å². The fourth-order valence-electron chi connectivity index (χ4n) is 1.49. The van der Waals surface area contributed by atoms with Crippen LogP contribution in [-0.2, 0) is 9.84 Å². The molecule has 3 nitrogen and oxygen atoms in total. The van der Waals surface area contributed by atoms with Gasteiger partial charge in [0.25, 0.3) is 0 Å². The first-order valence-electron chi connectivity index (χ1n) is 4.85. The number of rotatable bonds is 3. The molecule has 0 heterocycles. The molecule has 84 valence electrons. The van der Waals surface area contributed by atoms with Crippen molar-refractivity contribution in [3.8, 4) is 0 Å². The summed E-state index contributed by atoms with van der Waals surface area (Å²) >= 11 is 0. The van der Waals surface area contributed by atoms with Crippen LogP contribution in [0.5, 0.6) is 0 Å². The number of aliphatic hydroxyl groups excluding tert-OH is 1. The minimum Gasteiger partial charge on any atom is -0.388 e. The SMILES string of the molecule is CCC(O)c1cc(C)ccc1S(C)(=O)=O. The molecule has 0 aliphatic heterocycles. The second-order valence-electron chi connectivity index (χ2n) is 3.74. The van der Waals surface area contributed by atoms with Crippen molar-refractivity contribution in [1.29, 1.82) is 0 Å². The second kappa shape index (κ2) is 4.33. The van der Waals surface area contributed by atoms with Crippen molar-refractivity contribution in [2.24, 2.45) is 0 Å². The number of aryl methyl sites for hydroxylation is 1. The number of hydrogen-bond acceptors (Lipinski definition) is 3. The first-order valence-corrected chi connectivity index (χ1v) is 6.74. The monoisotopic (exact) mass is 228 g/mol. The van der Waals surface area contributed by atoms with Gasteiger partial charge < -0.3 is 5.11 Å². The Morgan fingerprint density at radius 3 is 2.47 bits per heavy atom. The molecule has 1 rings (SSSR count). The lowest BCUT2D eigenvalue weighted by Gasteiger charge is -2.13. The third kappa shape index (κ3) is 2.79. The molecule has 1 aromatic carbocycles. The molecule has 0 saturated heterocycles. The van der Waals surface area contributed by atoms with Crippen LogP contribution in [-0.4, -0.2) is 19.8 Å². The standard InChI is InChI=1S/C11H16O3S/c1-4-10(12)9-7-8(2)5-6-11(9)15(3,13)14/h5-7,10,12H,4H2,1-3H3. The van der Waals surface area contributed by atoms with Gasteiger partial charge in [0.1, 0.15) is 0 Å². The number of hydrogen-bond donors (Lipinski definition) is 1. The quantitative estimate of drug-likeness (QED) is 0.859. The van der Waals surface area contributed by atoms with E-state index in [4.69, 9.17) is 0 Å². The first kappa shape index (κ1) is 12.2. The van der Waals surface area contributed by atoms with Gasteiger partial charge in [-0.25, -0.2) is 8.42 Å². The van der Waals surface area contributed by atoms with Gasteiger partial charge in [-0.3, -0.25) is 0 Å². The van der Waals surface area contributed by atoms with E-state index in [0.29, 0.717) is 12.0 Å². The molecule has 0 aromatic heterocycles. The fourth-order valence-corrected chi connectivity index (χ4v) is 2.42. The summed E-state index contributed by atoms with van der Waals surface area (Å²) in [6, 6.07) is 5.02. The Labute approximate surface area is 90.7 Å². The molecule has 1 N–H and O–H groups in total. The van der Waals surface area contributed by atoms with Crippen LogP contribution >= 0.6 is 0 Å². The predicted octanol–water partition coefficient (Wildman–Crippen LogP) is 1.84. The van der Waals surface area contributed by atoms with E-state index in [1.54, 1.807) is 18.2 Å². The molecular weight excluding hydrogens is 212 g/mol. The van der Waals surface area contributed by atoms with Gasteiger partial charge in [0.2, 0.25) is 0 Å². The maximum atomic E-state index is 11.5. The summed E-state index contributed by atoms with van der Waals surface area (Å²) in [6.45, 7) is 3.69. The van der Waals surface area contributed by atoms with Crippen LogP contribution in [0.15, 0.2) is 23.1 Å². The van der Waals surface area contributed by atoms with Crippen LogP contribution in [0.2, 0.25) is 0 Å². The van der Waals surface area contributed by atoms with E-state index < -0.39 is 15.9 Å². The molecule has 1 atom stereocenters. The molecule has 0 spiro atoms. The van der Waals surface area contributed by atoms with Crippen molar-refractivity contribution in [2.75, 3.05) is 6.26 Å². The third-order valence-corrected chi connectivity index (χ3v) is 3.48. The Hall–Kier alpha value is -0.870. The van der Waals surface area contributed by atoms with Crippen molar-refractivity contribution in [1.82, 2.24) is 0 Å². The van der Waals surface area contributed by atoms with Gasteiger partial charge in [-0.2, -0.15) is 0 Å². The fraction of sp³-hybridized carbons (Fsp3) is 0.455. The van der Waals surface area contributed by atoms with Crippen LogP contribution < -0.4 is 0 Å². The summed E-state index contributed by atoms with van der Waals surface area (Å²) in [5.41, 5.74) is 1.45. The highest BCUT2D eigenvalue weighted by molar-refractivity contribution is 7.90. The summed E-state index contributed by atoms with van der Waals surface area (Å²) in [5, 5.41) is 9.73. The summed E-state index contributed by atoms with van der Waals surface area (Å²) < 4.78 is 22.9. The zero-order chi connectivity index (χ0) is 11.6. The van der Waals surface area contributed by atoms with Gasteiger partial charge in [0.15, 0.2) is 9.84 Å². The highest BCUT2D eigenvalue weighted by Crippen LogP contribution is 2.25.